The Labute approximate surface area is 168 Å². The summed E-state index contributed by atoms with van der Waals surface area (Å²) in [4.78, 5) is 22.5. The second-order valence-corrected chi connectivity index (χ2v) is 6.86. The Bertz CT molecular complexity index is 726. The van der Waals surface area contributed by atoms with Crippen molar-refractivity contribution < 1.29 is 44.2 Å². The zero-order chi connectivity index (χ0) is 21.7. The zero-order valence-electron chi connectivity index (χ0n) is 16.4. The maximum atomic E-state index is 11.3. The van der Waals surface area contributed by atoms with Crippen LogP contribution in [0.4, 0.5) is 4.79 Å². The fraction of sp³-hybridized carbons (Fsp3) is 0.579. The number of carbonyl (C=O) groups excluding carboxylic acids is 1. The summed E-state index contributed by atoms with van der Waals surface area (Å²) in [7, 11) is 1.45. The standard InChI is InChI=1S/C19H27NO9/c1-4-9(2)11-7-10(8-27-19(26)20-3)5-6-12(11)28-18-15(23)13(21)14(22)16(29-18)17(24)25/h5-7,9,13-16,18,21-23H,4,8H2,1-3H3,(H,20,26)(H,24,25). The number of aliphatic carboxylic acids is 1. The summed E-state index contributed by atoms with van der Waals surface area (Å²) in [5.41, 5.74) is 1.44. The van der Waals surface area contributed by atoms with Crippen LogP contribution in [0.25, 0.3) is 0 Å². The van der Waals surface area contributed by atoms with E-state index in [0.29, 0.717) is 11.3 Å². The van der Waals surface area contributed by atoms with Crippen molar-refractivity contribution in [3.05, 3.63) is 29.3 Å². The van der Waals surface area contributed by atoms with Crippen LogP contribution in [-0.2, 0) is 20.9 Å². The van der Waals surface area contributed by atoms with E-state index in [1.54, 1.807) is 18.2 Å². The van der Waals surface area contributed by atoms with Gasteiger partial charge in [-0.15, -0.1) is 0 Å². The normalized spacial score (nSPS) is 27.7. The highest BCUT2D eigenvalue weighted by atomic mass is 16.7. The van der Waals surface area contributed by atoms with Crippen LogP contribution in [0.15, 0.2) is 18.2 Å². The number of nitrogens with one attached hydrogen (secondary N) is 1. The minimum atomic E-state index is -1.79. The van der Waals surface area contributed by atoms with Gasteiger partial charge in [0.1, 0.15) is 30.7 Å². The minimum Gasteiger partial charge on any atom is -0.479 e. The van der Waals surface area contributed by atoms with Crippen LogP contribution >= 0.6 is 0 Å². The number of rotatable bonds is 7. The van der Waals surface area contributed by atoms with Gasteiger partial charge in [-0.3, -0.25) is 0 Å². The van der Waals surface area contributed by atoms with E-state index in [1.807, 2.05) is 13.8 Å². The van der Waals surface area contributed by atoms with Gasteiger partial charge in [-0.25, -0.2) is 9.59 Å². The molecule has 6 unspecified atom stereocenters. The minimum absolute atomic E-state index is 0.0245. The fourth-order valence-electron chi connectivity index (χ4n) is 2.90. The number of aliphatic hydroxyl groups is 3. The first-order valence-corrected chi connectivity index (χ1v) is 9.26. The highest BCUT2D eigenvalue weighted by molar-refractivity contribution is 5.73. The molecule has 162 valence electrons. The number of carboxylic acids is 1. The number of hydrogen-bond acceptors (Lipinski definition) is 8. The Hall–Kier alpha value is -2.40. The zero-order valence-corrected chi connectivity index (χ0v) is 16.4. The lowest BCUT2D eigenvalue weighted by Gasteiger charge is -2.38. The van der Waals surface area contributed by atoms with Crippen molar-refractivity contribution in [2.75, 3.05) is 7.05 Å². The van der Waals surface area contributed by atoms with E-state index in [2.05, 4.69) is 5.32 Å². The quantitative estimate of drug-likeness (QED) is 0.425. The molecule has 1 aromatic carbocycles. The molecule has 0 aromatic heterocycles. The largest absolute Gasteiger partial charge is 0.479 e. The first-order valence-electron chi connectivity index (χ1n) is 9.26. The molecule has 1 fully saturated rings. The highest BCUT2D eigenvalue weighted by Crippen LogP contribution is 2.33. The maximum absolute atomic E-state index is 11.3. The summed E-state index contributed by atoms with van der Waals surface area (Å²) >= 11 is 0. The molecule has 0 bridgehead atoms. The van der Waals surface area contributed by atoms with Crippen molar-refractivity contribution in [1.82, 2.24) is 5.32 Å². The number of benzene rings is 1. The lowest BCUT2D eigenvalue weighted by molar-refractivity contribution is -0.271. The van der Waals surface area contributed by atoms with Gasteiger partial charge in [-0.1, -0.05) is 19.9 Å². The Morgan fingerprint density at radius 2 is 1.90 bits per heavy atom. The third-order valence-corrected chi connectivity index (χ3v) is 4.85. The van der Waals surface area contributed by atoms with Crippen LogP contribution < -0.4 is 10.1 Å². The molecule has 5 N–H and O–H groups in total. The molecular weight excluding hydrogens is 386 g/mol. The molecule has 1 saturated heterocycles. The number of carboxylic acid groups (broad SMARTS) is 1. The molecular formula is C19H27NO9. The molecule has 10 nitrogen and oxygen atoms in total. The topological polar surface area (TPSA) is 155 Å². The number of ether oxygens (including phenoxy) is 3. The predicted molar refractivity (Wildman–Crippen MR) is 99.3 cm³/mol. The van der Waals surface area contributed by atoms with Crippen LogP contribution in [0.2, 0.25) is 0 Å². The van der Waals surface area contributed by atoms with E-state index in [1.165, 1.54) is 7.05 Å². The van der Waals surface area contributed by atoms with Crippen molar-refractivity contribution in [2.24, 2.45) is 0 Å². The number of hydrogen-bond donors (Lipinski definition) is 5. The van der Waals surface area contributed by atoms with Crippen molar-refractivity contribution in [3.8, 4) is 5.75 Å². The van der Waals surface area contributed by atoms with Crippen molar-refractivity contribution in [1.29, 1.82) is 0 Å². The van der Waals surface area contributed by atoms with Gasteiger partial charge in [0.15, 0.2) is 6.10 Å². The van der Waals surface area contributed by atoms with E-state index in [4.69, 9.17) is 19.3 Å². The average molecular weight is 413 g/mol. The number of aliphatic hydroxyl groups excluding tert-OH is 3. The molecule has 0 aliphatic carbocycles. The first kappa shape index (κ1) is 22.9. The Morgan fingerprint density at radius 3 is 2.48 bits per heavy atom. The SMILES string of the molecule is CCC(C)c1cc(COC(=O)NC)ccc1OC1OC(C(=O)O)C(O)C(O)C1O. The van der Waals surface area contributed by atoms with Gasteiger partial charge >= 0.3 is 12.1 Å². The molecule has 0 spiro atoms. The smallest absolute Gasteiger partial charge is 0.407 e. The van der Waals surface area contributed by atoms with E-state index in [0.717, 1.165) is 12.0 Å². The Kier molecular flexibility index (Phi) is 7.80. The Balaban J connectivity index is 2.25. The van der Waals surface area contributed by atoms with E-state index in [9.17, 15) is 24.9 Å². The van der Waals surface area contributed by atoms with Crippen LogP contribution in [0.3, 0.4) is 0 Å². The van der Waals surface area contributed by atoms with Gasteiger partial charge in [-0.2, -0.15) is 0 Å². The molecule has 0 saturated carbocycles. The third kappa shape index (κ3) is 5.36. The molecule has 1 amide bonds. The molecule has 0 radical (unpaired) electrons. The summed E-state index contributed by atoms with van der Waals surface area (Å²) < 4.78 is 15.9. The molecule has 1 aliphatic heterocycles. The second kappa shape index (κ2) is 9.88. The van der Waals surface area contributed by atoms with Gasteiger partial charge in [0.25, 0.3) is 0 Å². The highest BCUT2D eigenvalue weighted by Gasteiger charge is 2.48. The molecule has 10 heteroatoms. The van der Waals surface area contributed by atoms with Crippen LogP contribution in [-0.4, -0.2) is 70.2 Å². The average Bonchev–Trinajstić information content (AvgIpc) is 2.71. The van der Waals surface area contributed by atoms with Gasteiger partial charge in [0.2, 0.25) is 6.29 Å². The summed E-state index contributed by atoms with van der Waals surface area (Å²) in [6, 6.07) is 5.02. The lowest BCUT2D eigenvalue weighted by atomic mass is 9.95. The molecule has 2 rings (SSSR count). The van der Waals surface area contributed by atoms with Gasteiger partial charge in [0.05, 0.1) is 0 Å². The van der Waals surface area contributed by atoms with E-state index >= 15 is 0 Å². The summed E-state index contributed by atoms with van der Waals surface area (Å²) in [6.45, 7) is 3.95. The molecule has 29 heavy (non-hydrogen) atoms. The summed E-state index contributed by atoms with van der Waals surface area (Å²) in [5.74, 6) is -1.14. The second-order valence-electron chi connectivity index (χ2n) is 6.86. The number of carbonyl (C=O) groups is 2. The number of alkyl carbamates (subject to hydrolysis) is 1. The van der Waals surface area contributed by atoms with Crippen LogP contribution in [0, 0.1) is 0 Å². The van der Waals surface area contributed by atoms with Gasteiger partial charge in [0, 0.05) is 7.05 Å². The number of amides is 1. The maximum Gasteiger partial charge on any atom is 0.407 e. The van der Waals surface area contributed by atoms with Crippen molar-refractivity contribution in [2.45, 2.75) is 63.5 Å². The monoisotopic (exact) mass is 413 g/mol. The molecule has 1 aromatic rings. The van der Waals surface area contributed by atoms with Crippen LogP contribution in [0.1, 0.15) is 37.3 Å². The Morgan fingerprint density at radius 1 is 1.21 bits per heavy atom. The predicted octanol–water partition coefficient (Wildman–Crippen LogP) is 0.327. The first-order chi connectivity index (χ1) is 13.7. The summed E-state index contributed by atoms with van der Waals surface area (Å²) in [6.07, 6.45) is -8.25. The molecule has 1 aliphatic rings. The fourth-order valence-corrected chi connectivity index (χ4v) is 2.90. The van der Waals surface area contributed by atoms with E-state index in [-0.39, 0.29) is 12.5 Å². The van der Waals surface area contributed by atoms with Crippen LogP contribution in [0.5, 0.6) is 5.75 Å². The van der Waals surface area contributed by atoms with E-state index < -0.39 is 42.8 Å². The van der Waals surface area contributed by atoms with Crippen molar-refractivity contribution >= 4 is 12.1 Å². The van der Waals surface area contributed by atoms with Gasteiger partial charge in [-0.05, 0) is 35.6 Å². The summed E-state index contributed by atoms with van der Waals surface area (Å²) in [5, 5.41) is 41.4. The molecule has 6 atom stereocenters. The van der Waals surface area contributed by atoms with Crippen molar-refractivity contribution in [3.63, 3.8) is 0 Å². The third-order valence-electron chi connectivity index (χ3n) is 4.85. The van der Waals surface area contributed by atoms with Gasteiger partial charge < -0.3 is 40.0 Å². The molecule has 1 heterocycles. The lowest BCUT2D eigenvalue weighted by Crippen LogP contribution is -2.61.